The van der Waals surface area contributed by atoms with Crippen LogP contribution in [-0.4, -0.2) is 41.5 Å². The highest BCUT2D eigenvalue weighted by Crippen LogP contribution is 2.27. The molecule has 2 heterocycles. The van der Waals surface area contributed by atoms with Crippen molar-refractivity contribution in [1.82, 2.24) is 9.47 Å². The monoisotopic (exact) mass is 453 g/mol. The van der Waals surface area contributed by atoms with E-state index >= 15 is 0 Å². The fourth-order valence-corrected chi connectivity index (χ4v) is 4.29. The van der Waals surface area contributed by atoms with Crippen LogP contribution in [0.1, 0.15) is 29.6 Å². The van der Waals surface area contributed by atoms with Crippen molar-refractivity contribution in [2.75, 3.05) is 25.5 Å². The summed E-state index contributed by atoms with van der Waals surface area (Å²) in [6, 6.07) is 13.4. The average Bonchev–Trinajstić information content (AvgIpc) is 2.81. The zero-order valence-corrected chi connectivity index (χ0v) is 18.5. The molecule has 8 heteroatoms. The number of para-hydroxylation sites is 1. The number of likely N-dealkylation sites (tertiary alicyclic amines) is 1. The molecule has 1 aliphatic heterocycles. The molecular formula is C24H24ClN3O4. The molecule has 0 spiro atoms. The third-order valence-electron chi connectivity index (χ3n) is 5.63. The van der Waals surface area contributed by atoms with Gasteiger partial charge in [0.1, 0.15) is 12.3 Å². The summed E-state index contributed by atoms with van der Waals surface area (Å²) in [5, 5.41) is 3.77. The maximum absolute atomic E-state index is 13.1. The van der Waals surface area contributed by atoms with Crippen molar-refractivity contribution in [3.8, 4) is 5.75 Å². The van der Waals surface area contributed by atoms with Gasteiger partial charge in [0, 0.05) is 30.2 Å². The number of benzene rings is 2. The largest absolute Gasteiger partial charge is 0.495 e. The number of ether oxygens (including phenoxy) is 1. The first-order valence-electron chi connectivity index (χ1n) is 10.5. The number of hydrogen-bond donors (Lipinski definition) is 1. The molecule has 1 aliphatic rings. The normalized spacial score (nSPS) is 13.8. The Morgan fingerprint density at radius 2 is 1.81 bits per heavy atom. The Morgan fingerprint density at radius 1 is 1.06 bits per heavy atom. The van der Waals surface area contributed by atoms with Gasteiger partial charge in [0.2, 0.25) is 5.91 Å². The SMILES string of the molecule is COc1ccc(NC(=O)Cn2c(=O)cc(C(=O)N3CCCCC3)c3ccccc32)cc1Cl. The number of anilines is 1. The zero-order chi connectivity index (χ0) is 22.7. The molecule has 0 aliphatic carbocycles. The van der Waals surface area contributed by atoms with Gasteiger partial charge in [0.05, 0.1) is 23.2 Å². The summed E-state index contributed by atoms with van der Waals surface area (Å²) in [6.45, 7) is 1.20. The Bertz CT molecular complexity index is 1230. The molecular weight excluding hydrogens is 430 g/mol. The van der Waals surface area contributed by atoms with E-state index in [1.165, 1.54) is 17.7 Å². The number of methoxy groups -OCH3 is 1. The van der Waals surface area contributed by atoms with Crippen molar-refractivity contribution in [3.63, 3.8) is 0 Å². The van der Waals surface area contributed by atoms with Crippen molar-refractivity contribution >= 4 is 40.0 Å². The van der Waals surface area contributed by atoms with Crippen molar-refractivity contribution in [2.45, 2.75) is 25.8 Å². The van der Waals surface area contributed by atoms with Crippen LogP contribution in [0, 0.1) is 0 Å². The van der Waals surface area contributed by atoms with Crippen molar-refractivity contribution in [1.29, 1.82) is 0 Å². The van der Waals surface area contributed by atoms with E-state index < -0.39 is 5.56 Å². The van der Waals surface area contributed by atoms with E-state index in [1.807, 2.05) is 12.1 Å². The highest BCUT2D eigenvalue weighted by Gasteiger charge is 2.22. The van der Waals surface area contributed by atoms with Gasteiger partial charge in [-0.1, -0.05) is 29.8 Å². The Morgan fingerprint density at radius 3 is 2.53 bits per heavy atom. The molecule has 1 aromatic heterocycles. The van der Waals surface area contributed by atoms with Crippen LogP contribution in [0.2, 0.25) is 5.02 Å². The molecule has 2 amide bonds. The molecule has 4 rings (SSSR count). The van der Waals surface area contributed by atoms with Gasteiger partial charge in [-0.2, -0.15) is 0 Å². The number of piperidine rings is 1. The molecule has 3 aromatic rings. The van der Waals surface area contributed by atoms with E-state index in [1.54, 1.807) is 35.2 Å². The minimum atomic E-state index is -0.396. The highest BCUT2D eigenvalue weighted by atomic mass is 35.5. The lowest BCUT2D eigenvalue weighted by Crippen LogP contribution is -2.37. The second-order valence-electron chi connectivity index (χ2n) is 7.75. The molecule has 166 valence electrons. The van der Waals surface area contributed by atoms with Crippen LogP contribution in [0.4, 0.5) is 5.69 Å². The van der Waals surface area contributed by atoms with Gasteiger partial charge < -0.3 is 15.0 Å². The minimum absolute atomic E-state index is 0.137. The molecule has 1 fully saturated rings. The molecule has 7 nitrogen and oxygen atoms in total. The number of pyridine rings is 1. The number of nitrogens with one attached hydrogen (secondary N) is 1. The van der Waals surface area contributed by atoms with Gasteiger partial charge in [-0.05, 0) is 43.5 Å². The number of amides is 2. The number of fused-ring (bicyclic) bond motifs is 1. The molecule has 2 aromatic carbocycles. The van der Waals surface area contributed by atoms with E-state index in [2.05, 4.69) is 5.32 Å². The maximum Gasteiger partial charge on any atom is 0.254 e. The summed E-state index contributed by atoms with van der Waals surface area (Å²) in [6.07, 6.45) is 3.05. The molecule has 0 atom stereocenters. The van der Waals surface area contributed by atoms with E-state index in [0.29, 0.717) is 46.0 Å². The van der Waals surface area contributed by atoms with Crippen LogP contribution in [0.15, 0.2) is 53.3 Å². The first-order valence-corrected chi connectivity index (χ1v) is 10.9. The molecule has 0 bridgehead atoms. The lowest BCUT2D eigenvalue weighted by Gasteiger charge is -2.27. The molecule has 0 radical (unpaired) electrons. The fraction of sp³-hybridized carbons (Fsp3) is 0.292. The average molecular weight is 454 g/mol. The predicted octanol–water partition coefficient (Wildman–Crippen LogP) is 3.93. The van der Waals surface area contributed by atoms with Gasteiger partial charge in [-0.3, -0.25) is 19.0 Å². The number of carbonyl (C=O) groups is 2. The lowest BCUT2D eigenvalue weighted by atomic mass is 10.0. The van der Waals surface area contributed by atoms with Gasteiger partial charge in [0.25, 0.3) is 11.5 Å². The van der Waals surface area contributed by atoms with Gasteiger partial charge in [0.15, 0.2) is 0 Å². The summed E-state index contributed by atoms with van der Waals surface area (Å²) < 4.78 is 6.50. The van der Waals surface area contributed by atoms with Gasteiger partial charge in [-0.15, -0.1) is 0 Å². The number of carbonyl (C=O) groups excluding carboxylic acids is 2. The Balaban J connectivity index is 1.63. The molecule has 1 saturated heterocycles. The fourth-order valence-electron chi connectivity index (χ4n) is 4.03. The Kier molecular flexibility index (Phi) is 6.46. The quantitative estimate of drug-likeness (QED) is 0.634. The predicted molar refractivity (Wildman–Crippen MR) is 125 cm³/mol. The number of hydrogen-bond acceptors (Lipinski definition) is 4. The molecule has 0 saturated carbocycles. The topological polar surface area (TPSA) is 80.6 Å². The molecule has 0 unspecified atom stereocenters. The lowest BCUT2D eigenvalue weighted by molar-refractivity contribution is -0.116. The Hall–Kier alpha value is -3.32. The van der Waals surface area contributed by atoms with E-state index in [9.17, 15) is 14.4 Å². The standard InChI is InChI=1S/C24H24ClN3O4/c1-32-21-10-9-16(13-19(21)25)26-22(29)15-28-20-8-4-3-7-17(20)18(14-23(28)30)24(31)27-11-5-2-6-12-27/h3-4,7-10,13-14H,2,5-6,11-12,15H2,1H3,(H,26,29). The summed E-state index contributed by atoms with van der Waals surface area (Å²) >= 11 is 6.12. The highest BCUT2D eigenvalue weighted by molar-refractivity contribution is 6.32. The van der Waals surface area contributed by atoms with Crippen LogP contribution in [0.3, 0.4) is 0 Å². The maximum atomic E-state index is 13.1. The number of nitrogens with zero attached hydrogens (tertiary/aromatic N) is 2. The van der Waals surface area contributed by atoms with Gasteiger partial charge >= 0.3 is 0 Å². The summed E-state index contributed by atoms with van der Waals surface area (Å²) in [5.74, 6) is -0.0167. The second-order valence-corrected chi connectivity index (χ2v) is 8.16. The number of aromatic nitrogens is 1. The second kappa shape index (κ2) is 9.44. The smallest absolute Gasteiger partial charge is 0.254 e. The van der Waals surface area contributed by atoms with Crippen molar-refractivity contribution in [3.05, 3.63) is 69.5 Å². The third kappa shape index (κ3) is 4.48. The van der Waals surface area contributed by atoms with Crippen molar-refractivity contribution in [2.24, 2.45) is 0 Å². The van der Waals surface area contributed by atoms with Crippen LogP contribution in [0.25, 0.3) is 10.9 Å². The molecule has 32 heavy (non-hydrogen) atoms. The third-order valence-corrected chi connectivity index (χ3v) is 5.93. The van der Waals surface area contributed by atoms with E-state index in [0.717, 1.165) is 19.3 Å². The van der Waals surface area contributed by atoms with Gasteiger partial charge in [-0.25, -0.2) is 0 Å². The number of halogens is 1. The van der Waals surface area contributed by atoms with Crippen molar-refractivity contribution < 1.29 is 14.3 Å². The van der Waals surface area contributed by atoms with E-state index in [-0.39, 0.29) is 18.4 Å². The first kappa shape index (κ1) is 21.9. The van der Waals surface area contributed by atoms with E-state index in [4.69, 9.17) is 16.3 Å². The number of rotatable bonds is 5. The van der Waals surface area contributed by atoms with Crippen LogP contribution < -0.4 is 15.6 Å². The zero-order valence-electron chi connectivity index (χ0n) is 17.8. The van der Waals surface area contributed by atoms with Crippen LogP contribution >= 0.6 is 11.6 Å². The summed E-state index contributed by atoms with van der Waals surface area (Å²) in [7, 11) is 1.51. The summed E-state index contributed by atoms with van der Waals surface area (Å²) in [5.41, 5.74) is 1.02. The first-order chi connectivity index (χ1) is 15.5. The van der Waals surface area contributed by atoms with Crippen LogP contribution in [-0.2, 0) is 11.3 Å². The Labute approximate surface area is 190 Å². The van der Waals surface area contributed by atoms with Crippen LogP contribution in [0.5, 0.6) is 5.75 Å². The summed E-state index contributed by atoms with van der Waals surface area (Å²) in [4.78, 5) is 40.5. The molecule has 1 N–H and O–H groups in total. The minimum Gasteiger partial charge on any atom is -0.495 e.